The van der Waals surface area contributed by atoms with Crippen molar-refractivity contribution in [2.45, 2.75) is 6.42 Å². The standard InChI is InChI=1S/C19H18FNO3/c20-16-3-1-2-14(12-16)5-7-19(22)21-9-8-15-4-6-17-18(13-15)24-11-10-23-17/h1-7,12-13H,8-11H2,(H,21,22)/b7-5+. The van der Waals surface area contributed by atoms with E-state index >= 15 is 0 Å². The number of carbonyl (C=O) groups excluding carboxylic acids is 1. The van der Waals surface area contributed by atoms with E-state index in [1.54, 1.807) is 18.2 Å². The Balaban J connectivity index is 1.48. The zero-order valence-corrected chi connectivity index (χ0v) is 13.1. The molecular formula is C19H18FNO3. The molecule has 1 aliphatic rings. The highest BCUT2D eigenvalue weighted by Gasteiger charge is 2.11. The van der Waals surface area contributed by atoms with Crippen molar-refractivity contribution in [3.8, 4) is 11.5 Å². The molecule has 2 aromatic carbocycles. The van der Waals surface area contributed by atoms with Crippen LogP contribution in [0.4, 0.5) is 4.39 Å². The summed E-state index contributed by atoms with van der Waals surface area (Å²) in [7, 11) is 0. The fraction of sp³-hybridized carbons (Fsp3) is 0.211. The lowest BCUT2D eigenvalue weighted by Crippen LogP contribution is -2.23. The maximum absolute atomic E-state index is 13.0. The molecule has 0 saturated carbocycles. The number of rotatable bonds is 5. The summed E-state index contributed by atoms with van der Waals surface area (Å²) in [5.74, 6) is 0.969. The van der Waals surface area contributed by atoms with E-state index in [0.29, 0.717) is 31.7 Å². The van der Waals surface area contributed by atoms with Gasteiger partial charge in [0, 0.05) is 12.6 Å². The van der Waals surface area contributed by atoms with Crippen molar-refractivity contribution < 1.29 is 18.7 Å². The average Bonchev–Trinajstić information content (AvgIpc) is 2.60. The first-order valence-corrected chi connectivity index (χ1v) is 7.81. The van der Waals surface area contributed by atoms with Gasteiger partial charge in [0.15, 0.2) is 11.5 Å². The lowest BCUT2D eigenvalue weighted by molar-refractivity contribution is -0.116. The summed E-state index contributed by atoms with van der Waals surface area (Å²) >= 11 is 0. The predicted molar refractivity (Wildman–Crippen MR) is 89.6 cm³/mol. The minimum absolute atomic E-state index is 0.211. The molecule has 0 aliphatic carbocycles. The van der Waals surface area contributed by atoms with Gasteiger partial charge in [-0.25, -0.2) is 4.39 Å². The van der Waals surface area contributed by atoms with Crippen molar-refractivity contribution >= 4 is 12.0 Å². The number of amides is 1. The topological polar surface area (TPSA) is 47.6 Å². The molecule has 1 heterocycles. The number of hydrogen-bond acceptors (Lipinski definition) is 3. The molecule has 0 unspecified atom stereocenters. The number of ether oxygens (including phenoxy) is 2. The van der Waals surface area contributed by atoms with E-state index in [-0.39, 0.29) is 11.7 Å². The Kier molecular flexibility index (Phi) is 5.11. The van der Waals surface area contributed by atoms with Crippen LogP contribution in [0.25, 0.3) is 6.08 Å². The molecule has 124 valence electrons. The van der Waals surface area contributed by atoms with Gasteiger partial charge in [-0.3, -0.25) is 4.79 Å². The van der Waals surface area contributed by atoms with Crippen LogP contribution in [0.3, 0.4) is 0 Å². The fourth-order valence-corrected chi connectivity index (χ4v) is 2.41. The highest BCUT2D eigenvalue weighted by molar-refractivity contribution is 5.91. The van der Waals surface area contributed by atoms with Crippen molar-refractivity contribution in [1.82, 2.24) is 5.32 Å². The first kappa shape index (κ1) is 16.1. The molecule has 5 heteroatoms. The second-order valence-corrected chi connectivity index (χ2v) is 5.41. The summed E-state index contributed by atoms with van der Waals surface area (Å²) in [4.78, 5) is 11.8. The van der Waals surface area contributed by atoms with E-state index in [0.717, 1.165) is 17.1 Å². The summed E-state index contributed by atoms with van der Waals surface area (Å²) in [6.45, 7) is 1.63. The van der Waals surface area contributed by atoms with Crippen LogP contribution in [-0.2, 0) is 11.2 Å². The smallest absolute Gasteiger partial charge is 0.244 e. The van der Waals surface area contributed by atoms with Crippen LogP contribution in [0.2, 0.25) is 0 Å². The van der Waals surface area contributed by atoms with E-state index in [4.69, 9.17) is 9.47 Å². The Bertz CT molecular complexity index is 758. The molecule has 1 N–H and O–H groups in total. The Morgan fingerprint density at radius 2 is 1.96 bits per heavy atom. The molecule has 0 atom stereocenters. The van der Waals surface area contributed by atoms with E-state index in [9.17, 15) is 9.18 Å². The minimum Gasteiger partial charge on any atom is -0.486 e. The number of hydrogen-bond donors (Lipinski definition) is 1. The summed E-state index contributed by atoms with van der Waals surface area (Å²) in [5.41, 5.74) is 1.71. The lowest BCUT2D eigenvalue weighted by atomic mass is 10.1. The minimum atomic E-state index is -0.323. The number of fused-ring (bicyclic) bond motifs is 1. The first-order valence-electron chi connectivity index (χ1n) is 7.81. The van der Waals surface area contributed by atoms with Gasteiger partial charge in [-0.15, -0.1) is 0 Å². The highest BCUT2D eigenvalue weighted by atomic mass is 19.1. The molecule has 3 rings (SSSR count). The van der Waals surface area contributed by atoms with E-state index in [1.165, 1.54) is 18.2 Å². The van der Waals surface area contributed by atoms with Gasteiger partial charge in [0.25, 0.3) is 0 Å². The van der Waals surface area contributed by atoms with Crippen LogP contribution in [0, 0.1) is 5.82 Å². The number of carbonyl (C=O) groups is 1. The molecule has 0 bridgehead atoms. The van der Waals surface area contributed by atoms with Gasteiger partial charge >= 0.3 is 0 Å². The fourth-order valence-electron chi connectivity index (χ4n) is 2.41. The van der Waals surface area contributed by atoms with Gasteiger partial charge < -0.3 is 14.8 Å². The van der Waals surface area contributed by atoms with Crippen molar-refractivity contribution in [2.75, 3.05) is 19.8 Å². The number of halogens is 1. The molecule has 0 spiro atoms. The van der Waals surface area contributed by atoms with Gasteiger partial charge in [-0.05, 0) is 47.9 Å². The summed E-state index contributed by atoms with van der Waals surface area (Å²) in [5, 5.41) is 2.80. The van der Waals surface area contributed by atoms with Gasteiger partial charge in [0.05, 0.1) is 0 Å². The molecule has 1 amide bonds. The highest BCUT2D eigenvalue weighted by Crippen LogP contribution is 2.30. The van der Waals surface area contributed by atoms with Gasteiger partial charge in [-0.1, -0.05) is 18.2 Å². The molecule has 24 heavy (non-hydrogen) atoms. The predicted octanol–water partition coefficient (Wildman–Crippen LogP) is 2.97. The maximum atomic E-state index is 13.0. The van der Waals surface area contributed by atoms with E-state index < -0.39 is 0 Å². The van der Waals surface area contributed by atoms with Crippen LogP contribution in [0.15, 0.2) is 48.5 Å². The first-order chi connectivity index (χ1) is 11.7. The SMILES string of the molecule is O=C(/C=C/c1cccc(F)c1)NCCc1ccc2c(c1)OCCO2. The van der Waals surface area contributed by atoms with Gasteiger partial charge in [0.1, 0.15) is 19.0 Å². The third kappa shape index (κ3) is 4.35. The summed E-state index contributed by atoms with van der Waals surface area (Å²) < 4.78 is 24.1. The largest absolute Gasteiger partial charge is 0.486 e. The normalized spacial score (nSPS) is 13.0. The molecule has 0 saturated heterocycles. The Labute approximate surface area is 139 Å². The number of benzene rings is 2. The molecule has 2 aromatic rings. The average molecular weight is 327 g/mol. The van der Waals surface area contributed by atoms with Gasteiger partial charge in [-0.2, -0.15) is 0 Å². The van der Waals surface area contributed by atoms with Crippen molar-refractivity contribution in [2.24, 2.45) is 0 Å². The molecular weight excluding hydrogens is 309 g/mol. The third-order valence-electron chi connectivity index (χ3n) is 3.60. The third-order valence-corrected chi connectivity index (χ3v) is 3.60. The lowest BCUT2D eigenvalue weighted by Gasteiger charge is -2.18. The van der Waals surface area contributed by atoms with E-state index in [1.807, 2.05) is 18.2 Å². The molecule has 0 fully saturated rings. The van der Waals surface area contributed by atoms with E-state index in [2.05, 4.69) is 5.32 Å². The summed E-state index contributed by atoms with van der Waals surface area (Å²) in [6.07, 6.45) is 3.68. The molecule has 4 nitrogen and oxygen atoms in total. The van der Waals surface area contributed by atoms with Crippen molar-refractivity contribution in [3.05, 3.63) is 65.5 Å². The van der Waals surface area contributed by atoms with Crippen LogP contribution >= 0.6 is 0 Å². The molecule has 1 aliphatic heterocycles. The molecule has 0 aromatic heterocycles. The monoisotopic (exact) mass is 327 g/mol. The zero-order valence-electron chi connectivity index (χ0n) is 13.1. The number of nitrogens with one attached hydrogen (secondary N) is 1. The van der Waals surface area contributed by atoms with Crippen LogP contribution in [-0.4, -0.2) is 25.7 Å². The molecule has 0 radical (unpaired) electrons. The van der Waals surface area contributed by atoms with Crippen molar-refractivity contribution in [1.29, 1.82) is 0 Å². The van der Waals surface area contributed by atoms with Crippen LogP contribution < -0.4 is 14.8 Å². The maximum Gasteiger partial charge on any atom is 0.244 e. The van der Waals surface area contributed by atoms with Crippen molar-refractivity contribution in [3.63, 3.8) is 0 Å². The second kappa shape index (κ2) is 7.64. The van der Waals surface area contributed by atoms with Crippen LogP contribution in [0.1, 0.15) is 11.1 Å². The van der Waals surface area contributed by atoms with Gasteiger partial charge in [0.2, 0.25) is 5.91 Å². The Hall–Kier alpha value is -2.82. The summed E-state index contributed by atoms with van der Waals surface area (Å²) in [6, 6.07) is 11.9. The Morgan fingerprint density at radius 1 is 1.12 bits per heavy atom. The van der Waals surface area contributed by atoms with Crippen LogP contribution in [0.5, 0.6) is 11.5 Å². The zero-order chi connectivity index (χ0) is 16.8. The quantitative estimate of drug-likeness (QED) is 0.859. The second-order valence-electron chi connectivity index (χ2n) is 5.41. The Morgan fingerprint density at radius 3 is 2.79 bits per heavy atom.